The topological polar surface area (TPSA) is 55.6 Å². The summed E-state index contributed by atoms with van der Waals surface area (Å²) in [5.74, 6) is 0.600. The van der Waals surface area contributed by atoms with E-state index in [4.69, 9.17) is 22.7 Å². The van der Waals surface area contributed by atoms with Gasteiger partial charge in [0, 0.05) is 12.6 Å². The van der Waals surface area contributed by atoms with Gasteiger partial charge in [0.15, 0.2) is 6.61 Å². The zero-order chi connectivity index (χ0) is 15.2. The number of rotatable bonds is 6. The second kappa shape index (κ2) is 7.41. The van der Waals surface area contributed by atoms with Crippen molar-refractivity contribution in [1.29, 1.82) is 0 Å². The van der Waals surface area contributed by atoms with Crippen LogP contribution in [0.3, 0.4) is 0 Å². The molecule has 1 saturated carbocycles. The molecular weight excluding hydrogens is 284 g/mol. The fourth-order valence-electron chi connectivity index (χ4n) is 2.87. The summed E-state index contributed by atoms with van der Waals surface area (Å²) in [6.07, 6.45) is 4.62. The van der Waals surface area contributed by atoms with Crippen molar-refractivity contribution in [3.63, 3.8) is 0 Å². The molecule has 5 heteroatoms. The summed E-state index contributed by atoms with van der Waals surface area (Å²) in [6.45, 7) is 2.77. The summed E-state index contributed by atoms with van der Waals surface area (Å²) in [7, 11) is 0. The van der Waals surface area contributed by atoms with Crippen molar-refractivity contribution >= 4 is 23.1 Å². The summed E-state index contributed by atoms with van der Waals surface area (Å²) >= 11 is 4.99. The first-order valence-corrected chi connectivity index (χ1v) is 7.85. The lowest BCUT2D eigenvalue weighted by molar-refractivity contribution is -0.135. The highest BCUT2D eigenvalue weighted by Gasteiger charge is 2.25. The molecular formula is C16H22N2O2S. The van der Waals surface area contributed by atoms with Crippen molar-refractivity contribution in [1.82, 2.24) is 4.90 Å². The number of carbonyl (C=O) groups excluding carboxylic acids is 1. The van der Waals surface area contributed by atoms with E-state index in [1.807, 2.05) is 24.0 Å². The summed E-state index contributed by atoms with van der Waals surface area (Å²) in [4.78, 5) is 14.6. The molecule has 2 rings (SSSR count). The van der Waals surface area contributed by atoms with Gasteiger partial charge in [0.2, 0.25) is 0 Å². The molecule has 0 atom stereocenters. The van der Waals surface area contributed by atoms with E-state index in [1.165, 1.54) is 12.8 Å². The molecule has 1 aromatic carbocycles. The summed E-state index contributed by atoms with van der Waals surface area (Å²) in [6, 6.07) is 7.65. The smallest absolute Gasteiger partial charge is 0.260 e. The molecule has 2 N–H and O–H groups in total. The molecule has 0 aliphatic heterocycles. The zero-order valence-corrected chi connectivity index (χ0v) is 13.2. The van der Waals surface area contributed by atoms with Gasteiger partial charge in [0.1, 0.15) is 10.7 Å². The van der Waals surface area contributed by atoms with E-state index < -0.39 is 0 Å². The van der Waals surface area contributed by atoms with E-state index in [1.54, 1.807) is 12.1 Å². The average Bonchev–Trinajstić information content (AvgIpc) is 3.00. The Kier molecular flexibility index (Phi) is 5.56. The van der Waals surface area contributed by atoms with Crippen LogP contribution in [0, 0.1) is 0 Å². The van der Waals surface area contributed by atoms with Crippen molar-refractivity contribution in [3.05, 3.63) is 29.8 Å². The lowest BCUT2D eigenvalue weighted by atomic mass is 10.2. The third kappa shape index (κ3) is 3.94. The van der Waals surface area contributed by atoms with Gasteiger partial charge in [-0.15, -0.1) is 0 Å². The van der Waals surface area contributed by atoms with Crippen LogP contribution in [0.15, 0.2) is 24.3 Å². The molecule has 0 bridgehead atoms. The Morgan fingerprint density at radius 3 is 2.67 bits per heavy atom. The lowest BCUT2D eigenvalue weighted by Crippen LogP contribution is -2.41. The fourth-order valence-corrected chi connectivity index (χ4v) is 3.04. The first-order valence-electron chi connectivity index (χ1n) is 7.44. The number of para-hydroxylation sites is 1. The van der Waals surface area contributed by atoms with Gasteiger partial charge in [-0.3, -0.25) is 4.79 Å². The van der Waals surface area contributed by atoms with E-state index in [9.17, 15) is 4.79 Å². The van der Waals surface area contributed by atoms with Gasteiger partial charge in [0.25, 0.3) is 5.91 Å². The predicted molar refractivity (Wildman–Crippen MR) is 87.5 cm³/mol. The van der Waals surface area contributed by atoms with Gasteiger partial charge in [-0.1, -0.05) is 37.2 Å². The molecule has 0 spiro atoms. The maximum Gasteiger partial charge on any atom is 0.260 e. The minimum absolute atomic E-state index is 0.0298. The molecule has 0 saturated heterocycles. The first kappa shape index (κ1) is 15.8. The number of hydrogen-bond acceptors (Lipinski definition) is 3. The van der Waals surface area contributed by atoms with Crippen LogP contribution in [-0.4, -0.2) is 35.0 Å². The molecule has 114 valence electrons. The van der Waals surface area contributed by atoms with E-state index in [-0.39, 0.29) is 17.5 Å². The van der Waals surface area contributed by atoms with Gasteiger partial charge in [0.05, 0.1) is 5.56 Å². The Bertz CT molecular complexity index is 513. The number of amides is 1. The zero-order valence-electron chi connectivity index (χ0n) is 12.4. The highest BCUT2D eigenvalue weighted by Crippen LogP contribution is 2.24. The molecule has 21 heavy (non-hydrogen) atoms. The molecule has 4 nitrogen and oxygen atoms in total. The Balaban J connectivity index is 1.98. The Morgan fingerprint density at radius 2 is 2.05 bits per heavy atom. The molecule has 1 aromatic rings. The third-order valence-corrected chi connectivity index (χ3v) is 4.15. The van der Waals surface area contributed by atoms with E-state index in [0.29, 0.717) is 17.4 Å². The normalized spacial score (nSPS) is 14.9. The van der Waals surface area contributed by atoms with Gasteiger partial charge in [-0.05, 0) is 31.9 Å². The number of nitrogens with two attached hydrogens (primary N) is 1. The minimum atomic E-state index is 0.0298. The number of ether oxygens (including phenoxy) is 1. The fraction of sp³-hybridized carbons (Fsp3) is 0.500. The Morgan fingerprint density at radius 1 is 1.38 bits per heavy atom. The van der Waals surface area contributed by atoms with Crippen LogP contribution in [0.25, 0.3) is 0 Å². The molecule has 0 unspecified atom stereocenters. The standard InChI is InChI=1S/C16H22N2O2S/c1-2-18(12-7-3-4-8-12)15(19)11-20-14-10-6-5-9-13(14)16(17)21/h5-6,9-10,12H,2-4,7-8,11H2,1H3,(H2,17,21). The number of hydrogen-bond donors (Lipinski definition) is 1. The van der Waals surface area contributed by atoms with Crippen molar-refractivity contribution in [2.24, 2.45) is 5.73 Å². The lowest BCUT2D eigenvalue weighted by Gasteiger charge is -2.27. The highest BCUT2D eigenvalue weighted by atomic mass is 32.1. The number of benzene rings is 1. The van der Waals surface area contributed by atoms with Crippen LogP contribution in [0.4, 0.5) is 0 Å². The molecule has 1 aliphatic carbocycles. The summed E-state index contributed by atoms with van der Waals surface area (Å²) in [5, 5.41) is 0. The number of likely N-dealkylation sites (N-methyl/N-ethyl adjacent to an activating group) is 1. The van der Waals surface area contributed by atoms with Crippen LogP contribution >= 0.6 is 12.2 Å². The van der Waals surface area contributed by atoms with Crippen molar-refractivity contribution in [2.75, 3.05) is 13.2 Å². The second-order valence-electron chi connectivity index (χ2n) is 5.27. The summed E-state index contributed by atoms with van der Waals surface area (Å²) in [5.41, 5.74) is 6.33. The first-order chi connectivity index (χ1) is 10.1. The molecule has 0 radical (unpaired) electrons. The highest BCUT2D eigenvalue weighted by molar-refractivity contribution is 7.80. The van der Waals surface area contributed by atoms with Crippen LogP contribution in [0.1, 0.15) is 38.2 Å². The second-order valence-corrected chi connectivity index (χ2v) is 5.71. The molecule has 1 aliphatic rings. The Hall–Kier alpha value is -1.62. The van der Waals surface area contributed by atoms with Gasteiger partial charge in [-0.25, -0.2) is 0 Å². The van der Waals surface area contributed by atoms with Crippen LogP contribution in [0.2, 0.25) is 0 Å². The maximum absolute atomic E-state index is 12.4. The molecule has 1 amide bonds. The van der Waals surface area contributed by atoms with Crippen molar-refractivity contribution < 1.29 is 9.53 Å². The van der Waals surface area contributed by atoms with E-state index in [0.717, 1.165) is 19.4 Å². The molecule has 1 fully saturated rings. The maximum atomic E-state index is 12.4. The minimum Gasteiger partial charge on any atom is -0.483 e. The number of thiocarbonyl (C=S) groups is 1. The number of nitrogens with zero attached hydrogens (tertiary/aromatic N) is 1. The average molecular weight is 306 g/mol. The van der Waals surface area contributed by atoms with Crippen molar-refractivity contribution in [3.8, 4) is 5.75 Å². The van der Waals surface area contributed by atoms with E-state index >= 15 is 0 Å². The van der Waals surface area contributed by atoms with Gasteiger partial charge < -0.3 is 15.4 Å². The quantitative estimate of drug-likeness (QED) is 0.820. The van der Waals surface area contributed by atoms with Crippen LogP contribution < -0.4 is 10.5 Å². The monoisotopic (exact) mass is 306 g/mol. The molecule has 0 heterocycles. The van der Waals surface area contributed by atoms with Gasteiger partial charge >= 0.3 is 0 Å². The summed E-state index contributed by atoms with van der Waals surface area (Å²) < 4.78 is 5.64. The SMILES string of the molecule is CCN(C(=O)COc1ccccc1C(N)=S)C1CCCC1. The van der Waals surface area contributed by atoms with Crippen molar-refractivity contribution in [2.45, 2.75) is 38.6 Å². The van der Waals surface area contributed by atoms with Gasteiger partial charge in [-0.2, -0.15) is 0 Å². The van der Waals surface area contributed by atoms with Crippen LogP contribution in [0.5, 0.6) is 5.75 Å². The van der Waals surface area contributed by atoms with Crippen LogP contribution in [-0.2, 0) is 4.79 Å². The third-order valence-electron chi connectivity index (χ3n) is 3.93. The largest absolute Gasteiger partial charge is 0.483 e. The Labute approximate surface area is 131 Å². The number of carbonyl (C=O) groups is 1. The molecule has 0 aromatic heterocycles. The predicted octanol–water partition coefficient (Wildman–Crippen LogP) is 2.49. The van der Waals surface area contributed by atoms with E-state index in [2.05, 4.69) is 0 Å².